The van der Waals surface area contributed by atoms with Crippen molar-refractivity contribution >= 4 is 0 Å². The Kier molecular flexibility index (Phi) is 20.7. The normalized spacial score (nSPS) is 11.2. The third-order valence-corrected chi connectivity index (χ3v) is 3.57. The molecule has 0 aliphatic rings. The average Bonchev–Trinajstić information content (AvgIpc) is 2.54. The Balaban J connectivity index is 2.91. The van der Waals surface area contributed by atoms with Crippen molar-refractivity contribution in [3.63, 3.8) is 0 Å². The molecule has 0 fully saturated rings. The summed E-state index contributed by atoms with van der Waals surface area (Å²) in [6.45, 7) is 8.02. The van der Waals surface area contributed by atoms with E-state index >= 15 is 0 Å². The van der Waals surface area contributed by atoms with E-state index in [-0.39, 0.29) is 0 Å². The van der Waals surface area contributed by atoms with Crippen molar-refractivity contribution in [3.8, 4) is 0 Å². The molecule has 0 rings (SSSR count). The Morgan fingerprint density at radius 3 is 1.05 bits per heavy atom. The molecular weight excluding hydrogens is 280 g/mol. The van der Waals surface area contributed by atoms with Crippen LogP contribution >= 0.6 is 0 Å². The molecule has 0 spiro atoms. The van der Waals surface area contributed by atoms with Gasteiger partial charge >= 0.3 is 0 Å². The molecule has 0 aromatic carbocycles. The molecule has 4 nitrogen and oxygen atoms in total. The first-order valence-electron chi connectivity index (χ1n) is 9.22. The quantitative estimate of drug-likeness (QED) is 0.250. The molecule has 0 N–H and O–H groups in total. The van der Waals surface area contributed by atoms with Crippen molar-refractivity contribution in [2.75, 3.05) is 40.0 Å². The summed E-state index contributed by atoms with van der Waals surface area (Å²) >= 11 is 0. The minimum atomic E-state index is 0.452. The van der Waals surface area contributed by atoms with Crippen molar-refractivity contribution in [1.82, 2.24) is 0 Å². The van der Waals surface area contributed by atoms with Gasteiger partial charge in [-0.15, -0.1) is 0 Å². The number of hydrogen-bond donors (Lipinski definition) is 0. The Morgan fingerprint density at radius 2 is 0.727 bits per heavy atom. The Hall–Kier alpha value is -0.160. The molecule has 4 heteroatoms. The SMILES string of the molecule is CCOCOCCCCCCCCCCCCOCOCC. The predicted octanol–water partition coefficient (Wildman–Crippen LogP) is 4.91. The highest BCUT2D eigenvalue weighted by Gasteiger charge is 1.94. The zero-order chi connectivity index (χ0) is 16.1. The van der Waals surface area contributed by atoms with Crippen LogP contribution in [0.3, 0.4) is 0 Å². The van der Waals surface area contributed by atoms with Gasteiger partial charge in [0.25, 0.3) is 0 Å². The highest BCUT2D eigenvalue weighted by Crippen LogP contribution is 2.10. The Morgan fingerprint density at radius 1 is 0.409 bits per heavy atom. The zero-order valence-electron chi connectivity index (χ0n) is 14.9. The van der Waals surface area contributed by atoms with E-state index in [9.17, 15) is 0 Å². The summed E-state index contributed by atoms with van der Waals surface area (Å²) in [5, 5.41) is 0. The third-order valence-electron chi connectivity index (χ3n) is 3.57. The first-order valence-corrected chi connectivity index (χ1v) is 9.22. The molecule has 0 aliphatic heterocycles. The number of unbranched alkanes of at least 4 members (excludes halogenated alkanes) is 9. The van der Waals surface area contributed by atoms with Gasteiger partial charge in [-0.05, 0) is 26.7 Å². The van der Waals surface area contributed by atoms with Crippen molar-refractivity contribution in [2.45, 2.75) is 78.1 Å². The second-order valence-electron chi connectivity index (χ2n) is 5.57. The van der Waals surface area contributed by atoms with Crippen LogP contribution in [0.5, 0.6) is 0 Å². The Bertz CT molecular complexity index is 168. The summed E-state index contributed by atoms with van der Waals surface area (Å²) in [5.41, 5.74) is 0. The lowest BCUT2D eigenvalue weighted by atomic mass is 10.1. The van der Waals surface area contributed by atoms with Gasteiger partial charge in [0.05, 0.1) is 0 Å². The second kappa shape index (κ2) is 20.8. The van der Waals surface area contributed by atoms with E-state index in [1.54, 1.807) is 0 Å². The average molecular weight is 318 g/mol. The van der Waals surface area contributed by atoms with Crippen molar-refractivity contribution < 1.29 is 18.9 Å². The van der Waals surface area contributed by atoms with Crippen LogP contribution < -0.4 is 0 Å². The highest BCUT2D eigenvalue weighted by molar-refractivity contribution is 4.48. The maximum Gasteiger partial charge on any atom is 0.146 e. The Labute approximate surface area is 137 Å². The van der Waals surface area contributed by atoms with E-state index in [0.29, 0.717) is 13.6 Å². The minimum Gasteiger partial charge on any atom is -0.356 e. The molecule has 0 aromatic heterocycles. The topological polar surface area (TPSA) is 36.9 Å². The van der Waals surface area contributed by atoms with Gasteiger partial charge in [0, 0.05) is 26.4 Å². The first kappa shape index (κ1) is 21.8. The van der Waals surface area contributed by atoms with Crippen LogP contribution in [0.15, 0.2) is 0 Å². The maximum atomic E-state index is 5.35. The fraction of sp³-hybridized carbons (Fsp3) is 1.00. The fourth-order valence-electron chi connectivity index (χ4n) is 2.22. The molecular formula is C18H38O4. The van der Waals surface area contributed by atoms with E-state index < -0.39 is 0 Å². The van der Waals surface area contributed by atoms with Crippen LogP contribution in [-0.4, -0.2) is 40.0 Å². The summed E-state index contributed by atoms with van der Waals surface area (Å²) < 4.78 is 20.9. The minimum absolute atomic E-state index is 0.452. The summed E-state index contributed by atoms with van der Waals surface area (Å²) in [6, 6.07) is 0. The lowest BCUT2D eigenvalue weighted by Gasteiger charge is -2.05. The summed E-state index contributed by atoms with van der Waals surface area (Å²) in [7, 11) is 0. The molecule has 0 aliphatic carbocycles. The summed E-state index contributed by atoms with van der Waals surface area (Å²) in [4.78, 5) is 0. The van der Waals surface area contributed by atoms with Gasteiger partial charge in [0.15, 0.2) is 0 Å². The second-order valence-corrected chi connectivity index (χ2v) is 5.57. The standard InChI is InChI=1S/C18H38O4/c1-3-19-17-21-15-13-11-9-7-5-6-8-10-12-14-16-22-18-20-4-2/h3-18H2,1-2H3. The number of hydrogen-bond acceptors (Lipinski definition) is 4. The molecule has 0 aromatic rings. The van der Waals surface area contributed by atoms with Crippen LogP contribution in [0.25, 0.3) is 0 Å². The van der Waals surface area contributed by atoms with Gasteiger partial charge in [-0.1, -0.05) is 51.4 Å². The molecule has 134 valence electrons. The monoisotopic (exact) mass is 318 g/mol. The maximum absolute atomic E-state index is 5.35. The van der Waals surface area contributed by atoms with Crippen LogP contribution in [0.4, 0.5) is 0 Å². The van der Waals surface area contributed by atoms with Crippen molar-refractivity contribution in [2.24, 2.45) is 0 Å². The van der Waals surface area contributed by atoms with Crippen molar-refractivity contribution in [1.29, 1.82) is 0 Å². The van der Waals surface area contributed by atoms with Crippen LogP contribution in [0.2, 0.25) is 0 Å². The molecule has 0 saturated heterocycles. The van der Waals surface area contributed by atoms with Gasteiger partial charge in [-0.2, -0.15) is 0 Å². The van der Waals surface area contributed by atoms with Crippen LogP contribution in [-0.2, 0) is 18.9 Å². The summed E-state index contributed by atoms with van der Waals surface area (Å²) in [5.74, 6) is 0. The van der Waals surface area contributed by atoms with E-state index in [2.05, 4.69) is 0 Å². The number of ether oxygens (including phenoxy) is 4. The molecule has 0 bridgehead atoms. The molecule has 0 atom stereocenters. The van der Waals surface area contributed by atoms with Gasteiger partial charge in [0.1, 0.15) is 13.6 Å². The lowest BCUT2D eigenvalue weighted by molar-refractivity contribution is -0.0504. The third kappa shape index (κ3) is 19.8. The zero-order valence-corrected chi connectivity index (χ0v) is 14.9. The lowest BCUT2D eigenvalue weighted by Crippen LogP contribution is -2.01. The van der Waals surface area contributed by atoms with E-state index in [4.69, 9.17) is 18.9 Å². The summed E-state index contributed by atoms with van der Waals surface area (Å²) in [6.07, 6.45) is 13.0. The van der Waals surface area contributed by atoms with Gasteiger partial charge < -0.3 is 18.9 Å². The van der Waals surface area contributed by atoms with Gasteiger partial charge in [0.2, 0.25) is 0 Å². The van der Waals surface area contributed by atoms with E-state index in [0.717, 1.165) is 39.3 Å². The van der Waals surface area contributed by atoms with Gasteiger partial charge in [-0.25, -0.2) is 0 Å². The largest absolute Gasteiger partial charge is 0.356 e. The first-order chi connectivity index (χ1) is 10.9. The molecule has 0 saturated carbocycles. The molecule has 0 heterocycles. The molecule has 22 heavy (non-hydrogen) atoms. The molecule has 0 radical (unpaired) electrons. The molecule has 0 unspecified atom stereocenters. The highest BCUT2D eigenvalue weighted by atomic mass is 16.7. The van der Waals surface area contributed by atoms with Gasteiger partial charge in [-0.3, -0.25) is 0 Å². The van der Waals surface area contributed by atoms with Crippen LogP contribution in [0.1, 0.15) is 78.1 Å². The predicted molar refractivity (Wildman–Crippen MR) is 91.1 cm³/mol. The number of rotatable bonds is 19. The smallest absolute Gasteiger partial charge is 0.146 e. The molecule has 0 amide bonds. The van der Waals surface area contributed by atoms with Crippen LogP contribution in [0, 0.1) is 0 Å². The van der Waals surface area contributed by atoms with E-state index in [1.165, 1.54) is 51.4 Å². The van der Waals surface area contributed by atoms with Crippen molar-refractivity contribution in [3.05, 3.63) is 0 Å². The van der Waals surface area contributed by atoms with E-state index in [1.807, 2.05) is 13.8 Å². The fourth-order valence-corrected chi connectivity index (χ4v) is 2.22.